The third-order valence-corrected chi connectivity index (χ3v) is 4.16. The number of anilines is 1. The van der Waals surface area contributed by atoms with Crippen LogP contribution in [0.15, 0.2) is 23.1 Å². The van der Waals surface area contributed by atoms with Gasteiger partial charge in [0.05, 0.1) is 24.3 Å². The van der Waals surface area contributed by atoms with Gasteiger partial charge in [0.2, 0.25) is 10.0 Å². The van der Waals surface area contributed by atoms with E-state index < -0.39 is 16.1 Å². The molecule has 0 fully saturated rings. The van der Waals surface area contributed by atoms with Crippen molar-refractivity contribution in [1.82, 2.24) is 4.72 Å². The highest BCUT2D eigenvalue weighted by atomic mass is 35.5. The molecule has 0 radical (unpaired) electrons. The van der Waals surface area contributed by atoms with Gasteiger partial charge in [0.25, 0.3) is 0 Å². The van der Waals surface area contributed by atoms with Gasteiger partial charge in [-0.3, -0.25) is 0 Å². The van der Waals surface area contributed by atoms with Crippen LogP contribution in [-0.2, 0) is 14.8 Å². The Balaban J connectivity index is 2.99. The van der Waals surface area contributed by atoms with Crippen LogP contribution < -0.4 is 10.5 Å². The van der Waals surface area contributed by atoms with Gasteiger partial charge in [-0.2, -0.15) is 0 Å². The molecule has 0 aliphatic heterocycles. The van der Waals surface area contributed by atoms with Crippen molar-refractivity contribution in [1.29, 1.82) is 0 Å². The standard InChI is InChI=1S/C10H15ClN2O4S/c1-17-6-8(5-14)13-18(15,16)10-3-2-7(12)4-9(10)11/h2-4,8,13-14H,5-6,12H2,1H3. The molecule has 1 aromatic rings. The van der Waals surface area contributed by atoms with Crippen LogP contribution in [0, 0.1) is 0 Å². The van der Waals surface area contributed by atoms with Gasteiger partial charge in [0.15, 0.2) is 0 Å². The average molecular weight is 295 g/mol. The number of rotatable bonds is 6. The van der Waals surface area contributed by atoms with Gasteiger partial charge in [0.1, 0.15) is 4.90 Å². The summed E-state index contributed by atoms with van der Waals surface area (Å²) in [6.07, 6.45) is 0. The molecule has 1 atom stereocenters. The van der Waals surface area contributed by atoms with E-state index in [1.165, 1.54) is 25.3 Å². The summed E-state index contributed by atoms with van der Waals surface area (Å²) in [4.78, 5) is -0.0899. The maximum atomic E-state index is 12.0. The van der Waals surface area contributed by atoms with Crippen molar-refractivity contribution in [2.75, 3.05) is 26.1 Å². The number of hydrogen-bond acceptors (Lipinski definition) is 5. The monoisotopic (exact) mass is 294 g/mol. The van der Waals surface area contributed by atoms with E-state index in [-0.39, 0.29) is 23.1 Å². The molecular formula is C10H15ClN2O4S. The number of hydrogen-bond donors (Lipinski definition) is 3. The summed E-state index contributed by atoms with van der Waals surface area (Å²) in [7, 11) is -2.41. The summed E-state index contributed by atoms with van der Waals surface area (Å²) in [6, 6.07) is 3.36. The summed E-state index contributed by atoms with van der Waals surface area (Å²) < 4.78 is 31.1. The Bertz CT molecular complexity index is 507. The number of ether oxygens (including phenoxy) is 1. The predicted molar refractivity (Wildman–Crippen MR) is 68.9 cm³/mol. The molecule has 0 spiro atoms. The van der Waals surface area contributed by atoms with Crippen LogP contribution >= 0.6 is 11.6 Å². The molecule has 0 aromatic heterocycles. The van der Waals surface area contributed by atoms with Crippen LogP contribution in [0.5, 0.6) is 0 Å². The minimum atomic E-state index is -3.82. The molecule has 8 heteroatoms. The Kier molecular flexibility index (Phi) is 5.36. The van der Waals surface area contributed by atoms with Gasteiger partial charge in [0, 0.05) is 12.8 Å². The van der Waals surface area contributed by atoms with E-state index in [2.05, 4.69) is 4.72 Å². The fourth-order valence-electron chi connectivity index (χ4n) is 1.34. The number of aliphatic hydroxyl groups is 1. The molecule has 0 aliphatic carbocycles. The first-order valence-electron chi connectivity index (χ1n) is 5.08. The maximum Gasteiger partial charge on any atom is 0.242 e. The minimum absolute atomic E-state index is 0.0246. The maximum absolute atomic E-state index is 12.0. The molecule has 6 nitrogen and oxygen atoms in total. The van der Waals surface area contributed by atoms with Crippen molar-refractivity contribution in [2.24, 2.45) is 0 Å². The normalized spacial score (nSPS) is 13.5. The summed E-state index contributed by atoms with van der Waals surface area (Å²) >= 11 is 5.82. The molecule has 0 saturated carbocycles. The molecule has 0 bridgehead atoms. The van der Waals surface area contributed by atoms with E-state index in [1.807, 2.05) is 0 Å². The second kappa shape index (κ2) is 6.35. The fourth-order valence-corrected chi connectivity index (χ4v) is 3.11. The number of sulfonamides is 1. The Morgan fingerprint density at radius 1 is 1.56 bits per heavy atom. The molecule has 4 N–H and O–H groups in total. The summed E-state index contributed by atoms with van der Waals surface area (Å²) in [5.41, 5.74) is 5.86. The van der Waals surface area contributed by atoms with Gasteiger partial charge in [-0.15, -0.1) is 0 Å². The Hall–Kier alpha value is -0.860. The second-order valence-corrected chi connectivity index (χ2v) is 5.74. The molecule has 102 valence electrons. The summed E-state index contributed by atoms with van der Waals surface area (Å²) in [5, 5.41) is 9.05. The van der Waals surface area contributed by atoms with E-state index in [0.29, 0.717) is 5.69 Å². The molecule has 18 heavy (non-hydrogen) atoms. The van der Waals surface area contributed by atoms with Crippen LogP contribution in [0.25, 0.3) is 0 Å². The van der Waals surface area contributed by atoms with Gasteiger partial charge < -0.3 is 15.6 Å². The Morgan fingerprint density at radius 3 is 2.72 bits per heavy atom. The van der Waals surface area contributed by atoms with Crippen LogP contribution in [0.2, 0.25) is 5.02 Å². The van der Waals surface area contributed by atoms with Crippen molar-refractivity contribution < 1.29 is 18.3 Å². The van der Waals surface area contributed by atoms with Gasteiger partial charge in [-0.1, -0.05) is 11.6 Å². The lowest BCUT2D eigenvalue weighted by molar-refractivity contribution is 0.139. The van der Waals surface area contributed by atoms with Crippen molar-refractivity contribution in [3.8, 4) is 0 Å². The van der Waals surface area contributed by atoms with E-state index in [1.54, 1.807) is 0 Å². The zero-order valence-corrected chi connectivity index (χ0v) is 11.3. The largest absolute Gasteiger partial charge is 0.399 e. The number of aliphatic hydroxyl groups excluding tert-OH is 1. The van der Waals surface area contributed by atoms with Gasteiger partial charge >= 0.3 is 0 Å². The molecule has 1 aromatic carbocycles. The molecule has 1 rings (SSSR count). The highest BCUT2D eigenvalue weighted by molar-refractivity contribution is 7.89. The van der Waals surface area contributed by atoms with Crippen molar-refractivity contribution in [3.05, 3.63) is 23.2 Å². The van der Waals surface area contributed by atoms with Crippen molar-refractivity contribution >= 4 is 27.3 Å². The van der Waals surface area contributed by atoms with E-state index >= 15 is 0 Å². The predicted octanol–water partition coefficient (Wildman–Crippen LogP) is 0.208. The molecule has 1 unspecified atom stereocenters. The number of nitrogen functional groups attached to an aromatic ring is 1. The van der Waals surface area contributed by atoms with E-state index in [4.69, 9.17) is 27.2 Å². The average Bonchev–Trinajstić information content (AvgIpc) is 2.27. The number of halogens is 1. The first kappa shape index (κ1) is 15.2. The summed E-state index contributed by atoms with van der Waals surface area (Å²) in [5.74, 6) is 0. The SMILES string of the molecule is COCC(CO)NS(=O)(=O)c1ccc(N)cc1Cl. The molecular weight excluding hydrogens is 280 g/mol. The highest BCUT2D eigenvalue weighted by Crippen LogP contribution is 2.23. The Morgan fingerprint density at radius 2 is 2.22 bits per heavy atom. The fraction of sp³-hybridized carbons (Fsp3) is 0.400. The van der Waals surface area contributed by atoms with Gasteiger partial charge in [-0.05, 0) is 18.2 Å². The molecule has 0 heterocycles. The zero-order valence-electron chi connectivity index (χ0n) is 9.76. The lowest BCUT2D eigenvalue weighted by atomic mass is 10.3. The lowest BCUT2D eigenvalue weighted by Crippen LogP contribution is -2.40. The van der Waals surface area contributed by atoms with Crippen LogP contribution in [-0.4, -0.2) is 39.9 Å². The van der Waals surface area contributed by atoms with Crippen LogP contribution in [0.1, 0.15) is 0 Å². The highest BCUT2D eigenvalue weighted by Gasteiger charge is 2.22. The minimum Gasteiger partial charge on any atom is -0.399 e. The second-order valence-electron chi connectivity index (χ2n) is 3.65. The quantitative estimate of drug-likeness (QED) is 0.651. The number of benzene rings is 1. The number of nitrogens with one attached hydrogen (secondary N) is 1. The van der Waals surface area contributed by atoms with Crippen molar-refractivity contribution in [3.63, 3.8) is 0 Å². The van der Waals surface area contributed by atoms with Crippen LogP contribution in [0.3, 0.4) is 0 Å². The van der Waals surface area contributed by atoms with Gasteiger partial charge in [-0.25, -0.2) is 13.1 Å². The lowest BCUT2D eigenvalue weighted by Gasteiger charge is -2.16. The van der Waals surface area contributed by atoms with E-state index in [0.717, 1.165) is 0 Å². The molecule has 0 saturated heterocycles. The van der Waals surface area contributed by atoms with Crippen molar-refractivity contribution in [2.45, 2.75) is 10.9 Å². The Labute approximate surface area is 111 Å². The third kappa shape index (κ3) is 3.82. The first-order chi connectivity index (χ1) is 8.40. The molecule has 0 aliphatic rings. The zero-order chi connectivity index (χ0) is 13.8. The summed E-state index contributed by atoms with van der Waals surface area (Å²) in [6.45, 7) is -0.317. The van der Waals surface area contributed by atoms with E-state index in [9.17, 15) is 8.42 Å². The number of nitrogens with two attached hydrogens (primary N) is 1. The van der Waals surface area contributed by atoms with Crippen LogP contribution in [0.4, 0.5) is 5.69 Å². The third-order valence-electron chi connectivity index (χ3n) is 2.16. The number of methoxy groups -OCH3 is 1. The topological polar surface area (TPSA) is 102 Å². The molecule has 0 amide bonds. The smallest absolute Gasteiger partial charge is 0.242 e. The first-order valence-corrected chi connectivity index (χ1v) is 6.94.